The molecule has 1 spiro atoms. The number of methoxy groups -OCH3 is 1. The Morgan fingerprint density at radius 2 is 2.29 bits per heavy atom. The SMILES string of the molecule is COc1ccc2c3c1O[C@@H]1C[C@@H](O)C=C[C@]31CC[N+](C)=C2. The Bertz CT molecular complexity index is 664. The summed E-state index contributed by atoms with van der Waals surface area (Å²) in [5.41, 5.74) is 2.27. The smallest absolute Gasteiger partial charge is 0.170 e. The van der Waals surface area contributed by atoms with E-state index in [1.807, 2.05) is 12.1 Å². The third-order valence-electron chi connectivity index (χ3n) is 4.98. The molecule has 0 unspecified atom stereocenters. The van der Waals surface area contributed by atoms with Gasteiger partial charge in [-0.25, -0.2) is 4.58 Å². The summed E-state index contributed by atoms with van der Waals surface area (Å²) in [7, 11) is 3.78. The molecule has 2 heterocycles. The second-order valence-electron chi connectivity index (χ2n) is 6.23. The van der Waals surface area contributed by atoms with Gasteiger partial charge in [0.1, 0.15) is 19.7 Å². The second-order valence-corrected chi connectivity index (χ2v) is 6.23. The van der Waals surface area contributed by atoms with E-state index in [1.54, 1.807) is 7.11 Å². The number of aliphatic hydroxyl groups excluding tert-OH is 1. The highest BCUT2D eigenvalue weighted by atomic mass is 16.5. The van der Waals surface area contributed by atoms with Gasteiger partial charge in [-0.1, -0.05) is 12.2 Å². The maximum atomic E-state index is 9.97. The zero-order valence-corrected chi connectivity index (χ0v) is 12.4. The van der Waals surface area contributed by atoms with E-state index in [9.17, 15) is 5.11 Å². The van der Waals surface area contributed by atoms with Crippen LogP contribution in [0.2, 0.25) is 0 Å². The van der Waals surface area contributed by atoms with Crippen molar-refractivity contribution < 1.29 is 19.2 Å². The van der Waals surface area contributed by atoms with Gasteiger partial charge in [0.15, 0.2) is 17.7 Å². The van der Waals surface area contributed by atoms with Crippen LogP contribution in [0.1, 0.15) is 24.0 Å². The van der Waals surface area contributed by atoms with Crippen LogP contribution in [-0.2, 0) is 5.41 Å². The fraction of sp³-hybridized carbons (Fsp3) is 0.471. The van der Waals surface area contributed by atoms with Crippen molar-refractivity contribution in [2.24, 2.45) is 0 Å². The Morgan fingerprint density at radius 1 is 1.43 bits per heavy atom. The van der Waals surface area contributed by atoms with Crippen LogP contribution in [0.3, 0.4) is 0 Å². The lowest BCUT2D eigenvalue weighted by Gasteiger charge is -2.34. The van der Waals surface area contributed by atoms with E-state index >= 15 is 0 Å². The molecule has 1 aromatic carbocycles. The van der Waals surface area contributed by atoms with Gasteiger partial charge in [0, 0.05) is 24.0 Å². The molecular weight excluding hydrogens is 266 g/mol. The number of rotatable bonds is 1. The van der Waals surface area contributed by atoms with Crippen molar-refractivity contribution in [1.82, 2.24) is 0 Å². The predicted octanol–water partition coefficient (Wildman–Crippen LogP) is 1.48. The largest absolute Gasteiger partial charge is 0.493 e. The van der Waals surface area contributed by atoms with Gasteiger partial charge in [-0.3, -0.25) is 0 Å². The highest BCUT2D eigenvalue weighted by molar-refractivity contribution is 5.83. The van der Waals surface area contributed by atoms with E-state index in [0.29, 0.717) is 6.42 Å². The molecule has 4 rings (SSSR count). The maximum absolute atomic E-state index is 9.97. The van der Waals surface area contributed by atoms with Crippen LogP contribution < -0.4 is 9.47 Å². The first kappa shape index (κ1) is 12.9. The van der Waals surface area contributed by atoms with Crippen molar-refractivity contribution in [2.75, 3.05) is 20.7 Å². The molecule has 3 aliphatic rings. The highest BCUT2D eigenvalue weighted by Gasteiger charge is 2.53. The summed E-state index contributed by atoms with van der Waals surface area (Å²) in [6.07, 6.45) is 7.45. The molecule has 0 aromatic heterocycles. The Labute approximate surface area is 124 Å². The zero-order chi connectivity index (χ0) is 14.6. The van der Waals surface area contributed by atoms with E-state index < -0.39 is 6.10 Å². The van der Waals surface area contributed by atoms with Crippen molar-refractivity contribution in [2.45, 2.75) is 30.5 Å². The lowest BCUT2D eigenvalue weighted by atomic mass is 9.69. The van der Waals surface area contributed by atoms with Crippen LogP contribution in [0.5, 0.6) is 11.5 Å². The fourth-order valence-electron chi connectivity index (χ4n) is 3.92. The summed E-state index contributed by atoms with van der Waals surface area (Å²) in [6, 6.07) is 4.07. The summed E-state index contributed by atoms with van der Waals surface area (Å²) in [4.78, 5) is 0. The summed E-state index contributed by atoms with van der Waals surface area (Å²) in [5, 5.41) is 9.97. The Hall–Kier alpha value is -1.81. The Kier molecular flexibility index (Phi) is 2.67. The van der Waals surface area contributed by atoms with Crippen LogP contribution in [-0.4, -0.2) is 48.8 Å². The van der Waals surface area contributed by atoms with Gasteiger partial charge in [0.25, 0.3) is 0 Å². The Morgan fingerprint density at radius 3 is 3.10 bits per heavy atom. The Balaban J connectivity index is 1.99. The van der Waals surface area contributed by atoms with Gasteiger partial charge in [-0.15, -0.1) is 0 Å². The number of hydrogen-bond acceptors (Lipinski definition) is 3. The summed E-state index contributed by atoms with van der Waals surface area (Å²) in [5.74, 6) is 1.63. The average Bonchev–Trinajstić information content (AvgIpc) is 2.72. The van der Waals surface area contributed by atoms with Crippen molar-refractivity contribution in [3.05, 3.63) is 35.4 Å². The molecule has 0 fully saturated rings. The molecule has 1 aliphatic carbocycles. The van der Waals surface area contributed by atoms with E-state index in [-0.39, 0.29) is 11.5 Å². The molecule has 4 heteroatoms. The number of benzene rings is 1. The monoisotopic (exact) mass is 286 g/mol. The first-order valence-electron chi connectivity index (χ1n) is 7.45. The van der Waals surface area contributed by atoms with E-state index in [0.717, 1.165) is 24.5 Å². The van der Waals surface area contributed by atoms with E-state index in [1.165, 1.54) is 11.1 Å². The minimum atomic E-state index is -0.422. The maximum Gasteiger partial charge on any atom is 0.170 e. The molecule has 2 aliphatic heterocycles. The van der Waals surface area contributed by atoms with E-state index in [2.05, 4.69) is 30.0 Å². The zero-order valence-electron chi connectivity index (χ0n) is 12.4. The summed E-state index contributed by atoms with van der Waals surface area (Å²) < 4.78 is 13.9. The van der Waals surface area contributed by atoms with Gasteiger partial charge in [0.2, 0.25) is 0 Å². The second kappa shape index (κ2) is 4.34. The molecule has 110 valence electrons. The molecule has 0 saturated carbocycles. The molecule has 0 amide bonds. The van der Waals surface area contributed by atoms with Crippen molar-refractivity contribution in [3.63, 3.8) is 0 Å². The lowest BCUT2D eigenvalue weighted by molar-refractivity contribution is -0.493. The van der Waals surface area contributed by atoms with E-state index in [4.69, 9.17) is 9.47 Å². The van der Waals surface area contributed by atoms with Crippen LogP contribution in [0.15, 0.2) is 24.3 Å². The van der Waals surface area contributed by atoms with Gasteiger partial charge < -0.3 is 14.6 Å². The van der Waals surface area contributed by atoms with Crippen molar-refractivity contribution >= 4 is 6.21 Å². The normalized spacial score (nSPS) is 32.6. The first-order chi connectivity index (χ1) is 10.1. The van der Waals surface area contributed by atoms with Gasteiger partial charge >= 0.3 is 0 Å². The van der Waals surface area contributed by atoms with Crippen LogP contribution in [0.25, 0.3) is 0 Å². The third-order valence-corrected chi connectivity index (χ3v) is 4.98. The molecule has 21 heavy (non-hydrogen) atoms. The summed E-state index contributed by atoms with van der Waals surface area (Å²) in [6.45, 7) is 0.969. The summed E-state index contributed by atoms with van der Waals surface area (Å²) >= 11 is 0. The van der Waals surface area contributed by atoms with Crippen LogP contribution >= 0.6 is 0 Å². The average molecular weight is 286 g/mol. The minimum Gasteiger partial charge on any atom is -0.493 e. The number of nitrogens with zero attached hydrogens (tertiary/aromatic N) is 1. The molecule has 3 atom stereocenters. The fourth-order valence-corrected chi connectivity index (χ4v) is 3.92. The highest BCUT2D eigenvalue weighted by Crippen LogP contribution is 2.54. The first-order valence-corrected chi connectivity index (χ1v) is 7.45. The quantitative estimate of drug-likeness (QED) is 0.628. The molecule has 1 aromatic rings. The van der Waals surface area contributed by atoms with Gasteiger partial charge in [-0.2, -0.15) is 0 Å². The molecule has 0 bridgehead atoms. The molecular formula is C17H20NO3+. The molecule has 0 radical (unpaired) electrons. The van der Waals surface area contributed by atoms with Crippen LogP contribution in [0.4, 0.5) is 0 Å². The van der Waals surface area contributed by atoms with Crippen molar-refractivity contribution in [3.8, 4) is 11.5 Å². The molecule has 1 N–H and O–H groups in total. The third kappa shape index (κ3) is 1.69. The predicted molar refractivity (Wildman–Crippen MR) is 79.7 cm³/mol. The number of ether oxygens (including phenoxy) is 2. The minimum absolute atomic E-state index is 0.0116. The molecule has 0 saturated heterocycles. The van der Waals surface area contributed by atoms with Crippen molar-refractivity contribution in [1.29, 1.82) is 0 Å². The van der Waals surface area contributed by atoms with Gasteiger partial charge in [0.05, 0.1) is 18.6 Å². The standard InChI is InChI=1S/C17H20NO3/c1-18-8-7-17-6-5-12(19)9-14(17)21-16-13(20-2)4-3-11(10-18)15(16)17/h3-6,10,12,14,19H,7-9H2,1-2H3/q+1/t12-,14+,17+/m0/s1. The topological polar surface area (TPSA) is 41.7 Å². The number of aliphatic hydroxyl groups is 1. The van der Waals surface area contributed by atoms with Gasteiger partial charge in [-0.05, 0) is 12.1 Å². The molecule has 4 nitrogen and oxygen atoms in total. The van der Waals surface area contributed by atoms with Crippen LogP contribution in [0, 0.1) is 0 Å². The lowest BCUT2D eigenvalue weighted by Crippen LogP contribution is -2.42. The number of hydrogen-bond donors (Lipinski definition) is 1.